The van der Waals surface area contributed by atoms with Crippen LogP contribution in [0.3, 0.4) is 0 Å². The van der Waals surface area contributed by atoms with E-state index in [0.717, 1.165) is 6.42 Å². The van der Waals surface area contributed by atoms with Gasteiger partial charge >= 0.3 is 6.03 Å². The fraction of sp³-hybridized carbons (Fsp3) is 0.529. The van der Waals surface area contributed by atoms with Crippen LogP contribution >= 0.6 is 0 Å². The third-order valence-corrected chi connectivity index (χ3v) is 6.98. The van der Waals surface area contributed by atoms with Crippen molar-refractivity contribution in [1.29, 1.82) is 0 Å². The normalized spacial score (nSPS) is 26.8. The molecule has 2 aliphatic heterocycles. The first-order valence-electron chi connectivity index (χ1n) is 8.26. The Morgan fingerprint density at radius 1 is 1.29 bits per heavy atom. The zero-order valence-corrected chi connectivity index (χ0v) is 14.7. The number of urea groups is 1. The Hall–Kier alpha value is -1.89. The number of hydrogen-bond acceptors (Lipinski definition) is 4. The lowest BCUT2D eigenvalue weighted by molar-refractivity contribution is -0.130. The maximum Gasteiger partial charge on any atom is 0.324 e. The standard InChI is InChI=1S/C17H22N2O4S/c1-3-11(2)14-8-16(20)19(17(21)18-14)9-12-10-24(22,23)15-7-5-4-6-13(12)15/h4-7,11-12,14H,3,8-10H2,1-2H3,(H,18,21)/t11-,12?,14+/m0/s1. The van der Waals surface area contributed by atoms with Crippen molar-refractivity contribution < 1.29 is 18.0 Å². The highest BCUT2D eigenvalue weighted by atomic mass is 32.2. The first-order chi connectivity index (χ1) is 11.3. The second-order valence-electron chi connectivity index (χ2n) is 6.67. The molecule has 0 aliphatic carbocycles. The minimum Gasteiger partial charge on any atom is -0.334 e. The number of nitrogens with zero attached hydrogens (tertiary/aromatic N) is 1. The summed E-state index contributed by atoms with van der Waals surface area (Å²) in [6.45, 7) is 4.13. The molecule has 0 radical (unpaired) electrons. The third-order valence-electron chi connectivity index (χ3n) is 5.10. The lowest BCUT2D eigenvalue weighted by atomic mass is 9.94. The minimum absolute atomic E-state index is 0.0573. The lowest BCUT2D eigenvalue weighted by Crippen LogP contribution is -2.57. The van der Waals surface area contributed by atoms with Gasteiger partial charge in [0, 0.05) is 24.9 Å². The summed E-state index contributed by atoms with van der Waals surface area (Å²) in [7, 11) is -3.34. The predicted octanol–water partition coefficient (Wildman–Crippen LogP) is 1.91. The van der Waals surface area contributed by atoms with E-state index >= 15 is 0 Å². The van der Waals surface area contributed by atoms with Crippen LogP contribution in [0.5, 0.6) is 0 Å². The lowest BCUT2D eigenvalue weighted by Gasteiger charge is -2.35. The van der Waals surface area contributed by atoms with E-state index in [9.17, 15) is 18.0 Å². The molecule has 2 heterocycles. The molecule has 1 N–H and O–H groups in total. The second kappa shape index (κ2) is 6.20. The maximum absolute atomic E-state index is 12.4. The molecular weight excluding hydrogens is 328 g/mol. The van der Waals surface area contributed by atoms with Gasteiger partial charge in [-0.05, 0) is 17.5 Å². The van der Waals surface area contributed by atoms with Crippen LogP contribution < -0.4 is 5.32 Å². The quantitative estimate of drug-likeness (QED) is 0.899. The minimum atomic E-state index is -3.34. The van der Waals surface area contributed by atoms with Gasteiger partial charge in [-0.2, -0.15) is 0 Å². The zero-order valence-electron chi connectivity index (χ0n) is 13.9. The van der Waals surface area contributed by atoms with Crippen LogP contribution in [0.4, 0.5) is 4.79 Å². The highest BCUT2D eigenvalue weighted by Gasteiger charge is 2.40. The Bertz CT molecular complexity index is 757. The van der Waals surface area contributed by atoms with Crippen LogP contribution in [-0.2, 0) is 14.6 Å². The molecule has 1 saturated heterocycles. The van der Waals surface area contributed by atoms with Gasteiger partial charge in [-0.25, -0.2) is 13.2 Å². The van der Waals surface area contributed by atoms with Crippen molar-refractivity contribution >= 4 is 21.8 Å². The molecule has 1 aromatic carbocycles. The SMILES string of the molecule is CC[C@H](C)[C@H]1CC(=O)N(CC2CS(=O)(=O)c3ccccc32)C(=O)N1. The van der Waals surface area contributed by atoms with Gasteiger partial charge < -0.3 is 5.32 Å². The summed E-state index contributed by atoms with van der Waals surface area (Å²) in [5.74, 6) is -0.419. The van der Waals surface area contributed by atoms with Crippen LogP contribution in [-0.4, -0.2) is 43.6 Å². The van der Waals surface area contributed by atoms with E-state index < -0.39 is 15.9 Å². The summed E-state index contributed by atoms with van der Waals surface area (Å²) in [5, 5.41) is 2.88. The van der Waals surface area contributed by atoms with Crippen molar-refractivity contribution in [2.24, 2.45) is 5.92 Å². The molecule has 24 heavy (non-hydrogen) atoms. The number of sulfone groups is 1. The zero-order chi connectivity index (χ0) is 17.5. The molecule has 0 bridgehead atoms. The number of imide groups is 1. The second-order valence-corrected chi connectivity index (χ2v) is 8.67. The average molecular weight is 350 g/mol. The van der Waals surface area contributed by atoms with E-state index in [-0.39, 0.29) is 42.5 Å². The summed E-state index contributed by atoms with van der Waals surface area (Å²) in [6, 6.07) is 6.25. The molecule has 7 heteroatoms. The van der Waals surface area contributed by atoms with Crippen LogP contribution in [0.15, 0.2) is 29.2 Å². The summed E-state index contributed by atoms with van der Waals surface area (Å²) in [6.07, 6.45) is 1.15. The number of nitrogens with one attached hydrogen (secondary N) is 1. The Kier molecular flexibility index (Phi) is 4.38. The van der Waals surface area contributed by atoms with Crippen molar-refractivity contribution in [2.75, 3.05) is 12.3 Å². The van der Waals surface area contributed by atoms with Crippen molar-refractivity contribution in [3.63, 3.8) is 0 Å². The van der Waals surface area contributed by atoms with Crippen LogP contribution in [0.1, 0.15) is 38.2 Å². The molecule has 130 valence electrons. The van der Waals surface area contributed by atoms with Gasteiger partial charge in [0.1, 0.15) is 0 Å². The molecule has 6 nitrogen and oxygen atoms in total. The first-order valence-corrected chi connectivity index (χ1v) is 9.91. The van der Waals surface area contributed by atoms with Gasteiger partial charge in [-0.1, -0.05) is 38.5 Å². The first kappa shape index (κ1) is 17.0. The van der Waals surface area contributed by atoms with Gasteiger partial charge in [-0.15, -0.1) is 0 Å². The highest BCUT2D eigenvalue weighted by molar-refractivity contribution is 7.91. The summed E-state index contributed by atoms with van der Waals surface area (Å²) < 4.78 is 24.5. The van der Waals surface area contributed by atoms with Crippen molar-refractivity contribution in [3.8, 4) is 0 Å². The van der Waals surface area contributed by atoms with E-state index in [1.165, 1.54) is 4.90 Å². The van der Waals surface area contributed by atoms with Crippen molar-refractivity contribution in [3.05, 3.63) is 29.8 Å². The number of carbonyl (C=O) groups excluding carboxylic acids is 2. The topological polar surface area (TPSA) is 83.6 Å². The van der Waals surface area contributed by atoms with E-state index in [2.05, 4.69) is 5.32 Å². The van der Waals surface area contributed by atoms with Gasteiger partial charge in [0.15, 0.2) is 9.84 Å². The highest BCUT2D eigenvalue weighted by Crippen LogP contribution is 2.35. The smallest absolute Gasteiger partial charge is 0.324 e. The van der Waals surface area contributed by atoms with E-state index in [0.29, 0.717) is 10.5 Å². The van der Waals surface area contributed by atoms with Crippen LogP contribution in [0.25, 0.3) is 0 Å². The predicted molar refractivity (Wildman–Crippen MR) is 89.3 cm³/mol. The molecule has 1 aromatic rings. The molecule has 2 aliphatic rings. The fourth-order valence-corrected chi connectivity index (χ4v) is 5.30. The van der Waals surface area contributed by atoms with Crippen molar-refractivity contribution in [1.82, 2.24) is 10.2 Å². The number of carbonyl (C=O) groups is 2. The molecule has 3 atom stereocenters. The molecule has 0 saturated carbocycles. The number of amides is 3. The van der Waals surface area contributed by atoms with E-state index in [1.54, 1.807) is 24.3 Å². The monoisotopic (exact) mass is 350 g/mol. The molecular formula is C17H22N2O4S. The van der Waals surface area contributed by atoms with Gasteiger partial charge in [-0.3, -0.25) is 9.69 Å². The van der Waals surface area contributed by atoms with E-state index in [4.69, 9.17) is 0 Å². The number of rotatable bonds is 4. The summed E-state index contributed by atoms with van der Waals surface area (Å²) >= 11 is 0. The molecule has 3 rings (SSSR count). The summed E-state index contributed by atoms with van der Waals surface area (Å²) in [4.78, 5) is 26.2. The molecule has 0 spiro atoms. The maximum atomic E-state index is 12.4. The Morgan fingerprint density at radius 3 is 2.67 bits per heavy atom. The Morgan fingerprint density at radius 2 is 2.00 bits per heavy atom. The van der Waals surface area contributed by atoms with Gasteiger partial charge in [0.25, 0.3) is 0 Å². The van der Waals surface area contributed by atoms with Gasteiger partial charge in [0.05, 0.1) is 10.6 Å². The molecule has 0 aromatic heterocycles. The Labute approximate surface area is 142 Å². The van der Waals surface area contributed by atoms with E-state index in [1.807, 2.05) is 13.8 Å². The fourth-order valence-electron chi connectivity index (χ4n) is 3.43. The largest absolute Gasteiger partial charge is 0.334 e. The summed E-state index contributed by atoms with van der Waals surface area (Å²) in [5.41, 5.74) is 0.696. The van der Waals surface area contributed by atoms with Crippen LogP contribution in [0, 0.1) is 5.92 Å². The third kappa shape index (κ3) is 2.92. The number of fused-ring (bicyclic) bond motifs is 1. The van der Waals surface area contributed by atoms with Crippen LogP contribution in [0.2, 0.25) is 0 Å². The van der Waals surface area contributed by atoms with Gasteiger partial charge in [0.2, 0.25) is 5.91 Å². The average Bonchev–Trinajstić information content (AvgIpc) is 2.81. The molecule has 1 fully saturated rings. The molecule has 1 unspecified atom stereocenters. The molecule has 3 amide bonds. The van der Waals surface area contributed by atoms with Crippen molar-refractivity contribution in [2.45, 2.75) is 43.5 Å². The Balaban J connectivity index is 1.78. The number of hydrogen-bond donors (Lipinski definition) is 1. The number of benzene rings is 1.